The summed E-state index contributed by atoms with van der Waals surface area (Å²) in [6, 6.07) is 17.6. The molecule has 0 amide bonds. The van der Waals surface area contributed by atoms with Gasteiger partial charge in [-0.3, -0.25) is 0 Å². The molecule has 0 bridgehead atoms. The van der Waals surface area contributed by atoms with Crippen molar-refractivity contribution >= 4 is 23.5 Å². The van der Waals surface area contributed by atoms with Gasteiger partial charge in [0.2, 0.25) is 12.6 Å². The van der Waals surface area contributed by atoms with Crippen LogP contribution in [0, 0.1) is 0 Å². The Bertz CT molecular complexity index is 1430. The van der Waals surface area contributed by atoms with E-state index in [-0.39, 0.29) is 16.5 Å². The van der Waals surface area contributed by atoms with E-state index in [1.54, 1.807) is 73.2 Å². The third-order valence-corrected chi connectivity index (χ3v) is 7.15. The first kappa shape index (κ1) is 37.0. The van der Waals surface area contributed by atoms with Crippen molar-refractivity contribution in [3.8, 4) is 23.0 Å². The van der Waals surface area contributed by atoms with E-state index in [0.717, 1.165) is 51.4 Å². The summed E-state index contributed by atoms with van der Waals surface area (Å²) in [5, 5.41) is 0.110. The topological polar surface area (TPSA) is 89.5 Å². The van der Waals surface area contributed by atoms with E-state index in [2.05, 4.69) is 13.8 Å². The van der Waals surface area contributed by atoms with Gasteiger partial charge in [-0.05, 0) is 87.4 Å². The second-order valence-corrected chi connectivity index (χ2v) is 11.1. The van der Waals surface area contributed by atoms with E-state index in [0.29, 0.717) is 22.6 Å². The van der Waals surface area contributed by atoms with E-state index in [9.17, 15) is 9.59 Å². The highest BCUT2D eigenvalue weighted by Gasteiger charge is 2.16. The Morgan fingerprint density at radius 1 is 0.638 bits per heavy atom. The van der Waals surface area contributed by atoms with Crippen LogP contribution in [0.2, 0.25) is 5.02 Å². The number of ether oxygens (including phenoxy) is 6. The van der Waals surface area contributed by atoms with Gasteiger partial charge in [-0.15, -0.1) is 0 Å². The molecule has 3 aromatic carbocycles. The summed E-state index contributed by atoms with van der Waals surface area (Å²) in [6.45, 7) is 8.03. The molecular weight excluding hydrogens is 620 g/mol. The highest BCUT2D eigenvalue weighted by atomic mass is 35.5. The number of rotatable bonds is 20. The minimum Gasteiger partial charge on any atom is -0.463 e. The molecule has 0 heterocycles. The summed E-state index contributed by atoms with van der Waals surface area (Å²) < 4.78 is 34.2. The van der Waals surface area contributed by atoms with Crippen LogP contribution in [-0.4, -0.2) is 24.5 Å². The van der Waals surface area contributed by atoms with Gasteiger partial charge in [0.1, 0.15) is 23.0 Å². The van der Waals surface area contributed by atoms with Crippen molar-refractivity contribution in [1.82, 2.24) is 0 Å². The second-order valence-electron chi connectivity index (χ2n) is 10.7. The molecule has 2 atom stereocenters. The molecule has 252 valence electrons. The molecule has 0 fully saturated rings. The second kappa shape index (κ2) is 20.6. The molecule has 0 spiro atoms. The average molecular weight is 665 g/mol. The first-order valence-corrected chi connectivity index (χ1v) is 16.5. The van der Waals surface area contributed by atoms with Gasteiger partial charge in [0.25, 0.3) is 0 Å². The van der Waals surface area contributed by atoms with E-state index in [4.69, 9.17) is 40.0 Å². The number of hydrogen-bond acceptors (Lipinski definition) is 8. The van der Waals surface area contributed by atoms with Crippen LogP contribution in [0.5, 0.6) is 23.0 Å². The molecule has 0 aliphatic heterocycles. The minimum absolute atomic E-state index is 0.110. The summed E-state index contributed by atoms with van der Waals surface area (Å²) in [5.41, 5.74) is 0.642. The van der Waals surface area contributed by atoms with Gasteiger partial charge in [0, 0.05) is 18.9 Å². The molecule has 8 nitrogen and oxygen atoms in total. The van der Waals surface area contributed by atoms with Gasteiger partial charge in [0.05, 0.1) is 28.7 Å². The standard InChI is InChI=1S/C38H45ClO8/c1-5-9-11-13-35(42-25-7-3)44-30-19-15-28(16-20-30)37(40)46-32-23-24-34(33(39)27-32)47-38(41)29-17-21-31(22-18-29)45-36(43-26-8-4)14-12-10-6-2/h7-8,15-27,35-36H,5-6,9-14H2,1-4H3/b25-7+,26-8+. The number of unbranched alkanes of at least 4 members (excludes halogenated alkanes) is 4. The fourth-order valence-electron chi connectivity index (χ4n) is 4.36. The van der Waals surface area contributed by atoms with Crippen molar-refractivity contribution in [3.63, 3.8) is 0 Å². The van der Waals surface area contributed by atoms with E-state index >= 15 is 0 Å². The monoisotopic (exact) mass is 664 g/mol. The third kappa shape index (κ3) is 13.1. The Balaban J connectivity index is 1.55. The number of halogens is 1. The van der Waals surface area contributed by atoms with E-state index < -0.39 is 24.5 Å². The lowest BCUT2D eigenvalue weighted by Gasteiger charge is -2.18. The molecule has 47 heavy (non-hydrogen) atoms. The summed E-state index contributed by atoms with van der Waals surface area (Å²) >= 11 is 6.38. The molecule has 0 N–H and O–H groups in total. The maximum atomic E-state index is 12.8. The van der Waals surface area contributed by atoms with Gasteiger partial charge in [-0.2, -0.15) is 0 Å². The summed E-state index contributed by atoms with van der Waals surface area (Å²) in [4.78, 5) is 25.6. The van der Waals surface area contributed by atoms with Gasteiger partial charge in [-0.25, -0.2) is 9.59 Å². The van der Waals surface area contributed by atoms with Gasteiger partial charge in [-0.1, -0.05) is 63.3 Å². The number of benzene rings is 3. The summed E-state index contributed by atoms with van der Waals surface area (Å²) in [5.74, 6) is 0.304. The van der Waals surface area contributed by atoms with E-state index in [1.165, 1.54) is 18.2 Å². The number of carbonyl (C=O) groups is 2. The molecule has 0 aromatic heterocycles. The molecular formula is C38H45ClO8. The quantitative estimate of drug-likeness (QED) is 0.0387. The van der Waals surface area contributed by atoms with Crippen LogP contribution in [0.15, 0.2) is 91.4 Å². The van der Waals surface area contributed by atoms with Crippen LogP contribution < -0.4 is 18.9 Å². The Morgan fingerprint density at radius 2 is 1.09 bits per heavy atom. The summed E-state index contributed by atoms with van der Waals surface area (Å²) in [7, 11) is 0. The molecule has 0 radical (unpaired) electrons. The first-order chi connectivity index (χ1) is 22.9. The lowest BCUT2D eigenvalue weighted by molar-refractivity contribution is -0.0367. The zero-order valence-corrected chi connectivity index (χ0v) is 28.4. The predicted molar refractivity (Wildman–Crippen MR) is 183 cm³/mol. The number of allylic oxidation sites excluding steroid dienone is 2. The number of hydrogen-bond donors (Lipinski definition) is 0. The van der Waals surface area contributed by atoms with Crippen molar-refractivity contribution in [2.75, 3.05) is 0 Å². The van der Waals surface area contributed by atoms with Crippen molar-refractivity contribution in [1.29, 1.82) is 0 Å². The Hall–Kier alpha value is -4.43. The Labute approximate surface area is 283 Å². The lowest BCUT2D eigenvalue weighted by atomic mass is 10.2. The largest absolute Gasteiger partial charge is 0.463 e. The molecule has 3 aromatic rings. The van der Waals surface area contributed by atoms with Crippen LogP contribution in [0.25, 0.3) is 0 Å². The minimum atomic E-state index is -0.598. The maximum Gasteiger partial charge on any atom is 0.343 e. The molecule has 9 heteroatoms. The molecule has 0 saturated carbocycles. The van der Waals surface area contributed by atoms with Gasteiger partial charge >= 0.3 is 11.9 Å². The lowest BCUT2D eigenvalue weighted by Crippen LogP contribution is -2.18. The fraction of sp³-hybridized carbons (Fsp3) is 0.368. The van der Waals surface area contributed by atoms with Gasteiger partial charge in [0.15, 0.2) is 0 Å². The zero-order chi connectivity index (χ0) is 33.9. The summed E-state index contributed by atoms with van der Waals surface area (Å²) in [6.07, 6.45) is 13.9. The van der Waals surface area contributed by atoms with Gasteiger partial charge < -0.3 is 28.4 Å². The smallest absolute Gasteiger partial charge is 0.343 e. The van der Waals surface area contributed by atoms with Crippen LogP contribution in [-0.2, 0) is 9.47 Å². The highest BCUT2D eigenvalue weighted by Crippen LogP contribution is 2.30. The highest BCUT2D eigenvalue weighted by molar-refractivity contribution is 6.32. The maximum absolute atomic E-state index is 12.8. The SMILES string of the molecule is C/C=C/OC(CCCCC)Oc1ccc(C(=O)Oc2ccc(OC(=O)c3ccc(OC(CCCCC)O/C=C/C)cc3)c(Cl)c2)cc1. The van der Waals surface area contributed by atoms with Crippen molar-refractivity contribution in [2.45, 2.75) is 91.6 Å². The predicted octanol–water partition coefficient (Wildman–Crippen LogP) is 10.4. The number of carbonyl (C=O) groups excluding carboxylic acids is 2. The van der Waals surface area contributed by atoms with E-state index in [1.807, 2.05) is 13.8 Å². The fourth-order valence-corrected chi connectivity index (χ4v) is 4.57. The molecule has 2 unspecified atom stereocenters. The Kier molecular flexibility index (Phi) is 16.3. The molecule has 0 aliphatic carbocycles. The zero-order valence-electron chi connectivity index (χ0n) is 27.6. The third-order valence-electron chi connectivity index (χ3n) is 6.85. The van der Waals surface area contributed by atoms with Crippen molar-refractivity contribution in [3.05, 3.63) is 108 Å². The molecule has 0 aliphatic rings. The van der Waals surface area contributed by atoms with Crippen LogP contribution in [0.3, 0.4) is 0 Å². The van der Waals surface area contributed by atoms with Crippen molar-refractivity contribution < 1.29 is 38.0 Å². The van der Waals surface area contributed by atoms with Crippen LogP contribution in [0.4, 0.5) is 0 Å². The molecule has 3 rings (SSSR count). The normalized spacial score (nSPS) is 12.4. The first-order valence-electron chi connectivity index (χ1n) is 16.2. The van der Waals surface area contributed by atoms with Crippen LogP contribution in [0.1, 0.15) is 99.8 Å². The molecule has 0 saturated heterocycles. The van der Waals surface area contributed by atoms with Crippen molar-refractivity contribution in [2.24, 2.45) is 0 Å². The Morgan fingerprint density at radius 3 is 1.51 bits per heavy atom. The number of esters is 2. The van der Waals surface area contributed by atoms with Crippen LogP contribution >= 0.6 is 11.6 Å². The average Bonchev–Trinajstić information content (AvgIpc) is 3.08.